The molecular weight excluding hydrogens is 367 g/mol. The summed E-state index contributed by atoms with van der Waals surface area (Å²) in [6.45, 7) is 0.658. The maximum absolute atomic E-state index is 13.3. The molecule has 144 valence electrons. The number of nitrogens with zero attached hydrogens (tertiary/aromatic N) is 2. The lowest BCUT2D eigenvalue weighted by molar-refractivity contribution is 0.373. The summed E-state index contributed by atoms with van der Waals surface area (Å²) in [4.78, 5) is 8.42. The lowest BCUT2D eigenvalue weighted by Gasteiger charge is -2.30. The maximum Gasteiger partial charge on any atom is 0.235 e. The minimum Gasteiger partial charge on any atom is -0.481 e. The van der Waals surface area contributed by atoms with E-state index in [0.29, 0.717) is 29.4 Å². The molecule has 8 heteroatoms. The van der Waals surface area contributed by atoms with Crippen molar-refractivity contribution in [2.75, 3.05) is 26.1 Å². The standard InChI is InChI=1S/C19H23FN4O2S/c1-25-15-11-16(26-2)23-17(22-15)24-18(27)21-12-19(9-3-4-10-19)13-5-7-14(20)8-6-13/h5-8,11H,3-4,9-10,12H2,1-2H3,(H2,21,22,23,24,27). The number of hydrogen-bond donors (Lipinski definition) is 2. The first kappa shape index (κ1) is 19.3. The highest BCUT2D eigenvalue weighted by Gasteiger charge is 2.35. The van der Waals surface area contributed by atoms with Crippen LogP contribution >= 0.6 is 12.2 Å². The second kappa shape index (κ2) is 8.47. The summed E-state index contributed by atoms with van der Waals surface area (Å²) in [5, 5.41) is 6.65. The number of hydrogen-bond acceptors (Lipinski definition) is 5. The van der Waals surface area contributed by atoms with Crippen molar-refractivity contribution < 1.29 is 13.9 Å². The summed E-state index contributed by atoms with van der Waals surface area (Å²) in [5.74, 6) is 0.837. The van der Waals surface area contributed by atoms with Gasteiger partial charge in [0.05, 0.1) is 20.3 Å². The smallest absolute Gasteiger partial charge is 0.235 e. The molecule has 1 fully saturated rings. The van der Waals surface area contributed by atoms with E-state index in [4.69, 9.17) is 21.7 Å². The van der Waals surface area contributed by atoms with E-state index in [0.717, 1.165) is 31.2 Å². The van der Waals surface area contributed by atoms with Crippen LogP contribution in [0.1, 0.15) is 31.2 Å². The number of methoxy groups -OCH3 is 2. The molecule has 1 heterocycles. The van der Waals surface area contributed by atoms with Crippen molar-refractivity contribution in [3.63, 3.8) is 0 Å². The summed E-state index contributed by atoms with van der Waals surface area (Å²) in [6.07, 6.45) is 4.38. The average Bonchev–Trinajstić information content (AvgIpc) is 3.16. The second-order valence-electron chi connectivity index (χ2n) is 6.58. The fraction of sp³-hybridized carbons (Fsp3) is 0.421. The van der Waals surface area contributed by atoms with Crippen LogP contribution in [0.15, 0.2) is 30.3 Å². The monoisotopic (exact) mass is 390 g/mol. The molecule has 1 aliphatic carbocycles. The number of thiocarbonyl (C=S) groups is 1. The predicted molar refractivity (Wildman–Crippen MR) is 106 cm³/mol. The Bertz CT molecular complexity index is 773. The van der Waals surface area contributed by atoms with Crippen LogP contribution in [-0.4, -0.2) is 35.8 Å². The number of benzene rings is 1. The van der Waals surface area contributed by atoms with Gasteiger partial charge in [0.15, 0.2) is 5.11 Å². The van der Waals surface area contributed by atoms with E-state index in [1.807, 2.05) is 12.1 Å². The van der Waals surface area contributed by atoms with Gasteiger partial charge in [-0.1, -0.05) is 25.0 Å². The van der Waals surface area contributed by atoms with E-state index in [2.05, 4.69) is 20.6 Å². The van der Waals surface area contributed by atoms with Crippen LogP contribution in [0.4, 0.5) is 10.3 Å². The highest BCUT2D eigenvalue weighted by atomic mass is 32.1. The highest BCUT2D eigenvalue weighted by Crippen LogP contribution is 2.40. The summed E-state index contributed by atoms with van der Waals surface area (Å²) in [6, 6.07) is 8.36. The third-order valence-electron chi connectivity index (χ3n) is 4.93. The van der Waals surface area contributed by atoms with Crippen LogP contribution in [-0.2, 0) is 5.41 Å². The fourth-order valence-corrected chi connectivity index (χ4v) is 3.65. The first-order chi connectivity index (χ1) is 13.0. The molecule has 3 rings (SSSR count). The van der Waals surface area contributed by atoms with Gasteiger partial charge in [0.2, 0.25) is 17.7 Å². The summed E-state index contributed by atoms with van der Waals surface area (Å²) >= 11 is 5.41. The van der Waals surface area contributed by atoms with E-state index in [-0.39, 0.29) is 11.2 Å². The van der Waals surface area contributed by atoms with Crippen molar-refractivity contribution in [1.82, 2.24) is 15.3 Å². The minimum atomic E-state index is -0.221. The molecule has 2 N–H and O–H groups in total. The zero-order valence-corrected chi connectivity index (χ0v) is 16.2. The molecule has 0 bridgehead atoms. The molecule has 0 saturated heterocycles. The van der Waals surface area contributed by atoms with Gasteiger partial charge in [-0.2, -0.15) is 9.97 Å². The minimum absolute atomic E-state index is 0.0492. The van der Waals surface area contributed by atoms with Crippen molar-refractivity contribution in [2.24, 2.45) is 0 Å². The molecule has 1 aliphatic rings. The van der Waals surface area contributed by atoms with Crippen LogP contribution in [0.5, 0.6) is 11.8 Å². The summed E-state index contributed by atoms with van der Waals surface area (Å²) in [7, 11) is 3.04. The number of nitrogens with one attached hydrogen (secondary N) is 2. The summed E-state index contributed by atoms with van der Waals surface area (Å²) < 4.78 is 23.6. The molecule has 1 aromatic heterocycles. The van der Waals surface area contributed by atoms with Crippen molar-refractivity contribution >= 4 is 23.3 Å². The van der Waals surface area contributed by atoms with Crippen molar-refractivity contribution in [3.05, 3.63) is 41.7 Å². The quantitative estimate of drug-likeness (QED) is 0.733. The molecule has 0 spiro atoms. The highest BCUT2D eigenvalue weighted by molar-refractivity contribution is 7.80. The Hall–Kier alpha value is -2.48. The van der Waals surface area contributed by atoms with Gasteiger partial charge in [0.25, 0.3) is 0 Å². The number of halogens is 1. The van der Waals surface area contributed by atoms with E-state index in [1.54, 1.807) is 6.07 Å². The van der Waals surface area contributed by atoms with Gasteiger partial charge in [-0.3, -0.25) is 0 Å². The van der Waals surface area contributed by atoms with Gasteiger partial charge in [-0.05, 0) is 42.8 Å². The molecule has 0 atom stereocenters. The van der Waals surface area contributed by atoms with Gasteiger partial charge >= 0.3 is 0 Å². The summed E-state index contributed by atoms with van der Waals surface area (Å²) in [5.41, 5.74) is 1.09. The maximum atomic E-state index is 13.3. The van der Waals surface area contributed by atoms with E-state index in [1.165, 1.54) is 26.4 Å². The van der Waals surface area contributed by atoms with E-state index in [9.17, 15) is 4.39 Å². The Morgan fingerprint density at radius 1 is 1.11 bits per heavy atom. The molecule has 0 amide bonds. The SMILES string of the molecule is COc1cc(OC)nc(NC(=S)NCC2(c3ccc(F)cc3)CCCC2)n1. The van der Waals surface area contributed by atoms with Crippen LogP contribution in [0.25, 0.3) is 0 Å². The van der Waals surface area contributed by atoms with Crippen LogP contribution in [0.3, 0.4) is 0 Å². The third kappa shape index (κ3) is 4.63. The van der Waals surface area contributed by atoms with Crippen LogP contribution in [0.2, 0.25) is 0 Å². The molecule has 1 saturated carbocycles. The molecule has 27 heavy (non-hydrogen) atoms. The lowest BCUT2D eigenvalue weighted by atomic mass is 9.79. The zero-order chi connectivity index (χ0) is 19.3. The van der Waals surface area contributed by atoms with Crippen LogP contribution < -0.4 is 20.1 Å². The first-order valence-corrected chi connectivity index (χ1v) is 9.23. The Kier molecular flexibility index (Phi) is 6.05. The van der Waals surface area contributed by atoms with Gasteiger partial charge in [-0.25, -0.2) is 4.39 Å². The molecule has 0 radical (unpaired) electrons. The predicted octanol–water partition coefficient (Wildman–Crippen LogP) is 3.43. The molecule has 6 nitrogen and oxygen atoms in total. The van der Waals surface area contributed by atoms with Crippen molar-refractivity contribution in [3.8, 4) is 11.8 Å². The number of anilines is 1. The Labute approximate surface area is 163 Å². The molecular formula is C19H23FN4O2S. The Balaban J connectivity index is 1.67. The number of aromatic nitrogens is 2. The average molecular weight is 390 g/mol. The van der Waals surface area contributed by atoms with Crippen molar-refractivity contribution in [2.45, 2.75) is 31.1 Å². The van der Waals surface area contributed by atoms with Gasteiger partial charge in [-0.15, -0.1) is 0 Å². The first-order valence-electron chi connectivity index (χ1n) is 8.83. The molecule has 2 aromatic rings. The normalized spacial score (nSPS) is 15.2. The zero-order valence-electron chi connectivity index (χ0n) is 15.4. The second-order valence-corrected chi connectivity index (χ2v) is 6.99. The van der Waals surface area contributed by atoms with E-state index >= 15 is 0 Å². The number of rotatable bonds is 6. The largest absolute Gasteiger partial charge is 0.481 e. The molecule has 0 unspecified atom stereocenters. The topological polar surface area (TPSA) is 68.3 Å². The fourth-order valence-electron chi connectivity index (χ4n) is 3.49. The Morgan fingerprint density at radius 2 is 1.70 bits per heavy atom. The molecule has 0 aliphatic heterocycles. The number of ether oxygens (including phenoxy) is 2. The van der Waals surface area contributed by atoms with Gasteiger partial charge in [0, 0.05) is 12.0 Å². The Morgan fingerprint density at radius 3 is 2.26 bits per heavy atom. The molecule has 1 aromatic carbocycles. The van der Waals surface area contributed by atoms with E-state index < -0.39 is 0 Å². The van der Waals surface area contributed by atoms with Gasteiger partial charge in [0.1, 0.15) is 5.82 Å². The van der Waals surface area contributed by atoms with Crippen molar-refractivity contribution in [1.29, 1.82) is 0 Å². The third-order valence-corrected chi connectivity index (χ3v) is 5.17. The lowest BCUT2D eigenvalue weighted by Crippen LogP contribution is -2.41. The van der Waals surface area contributed by atoms with Crippen LogP contribution in [0, 0.1) is 5.82 Å². The van der Waals surface area contributed by atoms with Gasteiger partial charge < -0.3 is 20.1 Å².